The molecule has 1 nitrogen and oxygen atoms in total. The summed E-state index contributed by atoms with van der Waals surface area (Å²) in [4.78, 5) is 0. The Morgan fingerprint density at radius 3 is 1.86 bits per heavy atom. The van der Waals surface area contributed by atoms with Crippen molar-refractivity contribution in [3.05, 3.63) is 0 Å². The molecule has 1 N–H and O–H groups in total. The number of hydrogen-bond acceptors (Lipinski definition) is 1. The van der Waals surface area contributed by atoms with Gasteiger partial charge in [-0.2, -0.15) is 26.3 Å². The third kappa shape index (κ3) is 1.89. The van der Waals surface area contributed by atoms with Crippen LogP contribution < -0.4 is 0 Å². The van der Waals surface area contributed by atoms with Crippen molar-refractivity contribution in [1.82, 2.24) is 0 Å². The van der Waals surface area contributed by atoms with Crippen LogP contribution >= 0.6 is 0 Å². The van der Waals surface area contributed by atoms with Gasteiger partial charge in [0.25, 0.3) is 5.60 Å². The normalized spacial score (nSPS) is 44.9. The Hall–Kier alpha value is -0.460. The maximum absolute atomic E-state index is 12.8. The van der Waals surface area contributed by atoms with Gasteiger partial charge in [0.15, 0.2) is 0 Å². The maximum Gasteiger partial charge on any atom is 0.426 e. The molecule has 0 radical (unpaired) electrons. The van der Waals surface area contributed by atoms with Gasteiger partial charge in [-0.05, 0) is 60.7 Å². The molecule has 22 heavy (non-hydrogen) atoms. The van der Waals surface area contributed by atoms with E-state index in [-0.39, 0.29) is 23.2 Å². The number of aliphatic hydroxyl groups is 1. The van der Waals surface area contributed by atoms with E-state index in [1.165, 1.54) is 0 Å². The molecule has 3 fully saturated rings. The van der Waals surface area contributed by atoms with Gasteiger partial charge in [0.2, 0.25) is 0 Å². The van der Waals surface area contributed by atoms with Crippen LogP contribution in [0.2, 0.25) is 0 Å². The fraction of sp³-hybridized carbons (Fsp3) is 1.00. The lowest BCUT2D eigenvalue weighted by atomic mass is 9.68. The molecule has 6 unspecified atom stereocenters. The van der Waals surface area contributed by atoms with Crippen LogP contribution in [0.5, 0.6) is 0 Å². The van der Waals surface area contributed by atoms with Gasteiger partial charge < -0.3 is 5.11 Å². The van der Waals surface area contributed by atoms with Crippen LogP contribution in [0.4, 0.5) is 26.3 Å². The summed E-state index contributed by atoms with van der Waals surface area (Å²) in [6.07, 6.45) is -10.5. The third-order valence-corrected chi connectivity index (χ3v) is 6.91. The zero-order chi connectivity index (χ0) is 16.7. The minimum absolute atomic E-state index is 0.133. The quantitative estimate of drug-likeness (QED) is 0.737. The van der Waals surface area contributed by atoms with Crippen molar-refractivity contribution in [3.8, 4) is 0 Å². The van der Waals surface area contributed by atoms with Crippen LogP contribution in [0.15, 0.2) is 0 Å². The maximum atomic E-state index is 12.8. The molecular formula is C15H20F6O. The highest BCUT2D eigenvalue weighted by molar-refractivity contribution is 5.18. The summed E-state index contributed by atoms with van der Waals surface area (Å²) in [6.45, 7) is 4.06. The highest BCUT2D eigenvalue weighted by Gasteiger charge is 2.74. The first kappa shape index (κ1) is 16.4. The Morgan fingerprint density at radius 2 is 1.50 bits per heavy atom. The molecule has 3 aliphatic carbocycles. The number of alkyl halides is 6. The van der Waals surface area contributed by atoms with E-state index < -0.39 is 30.3 Å². The fourth-order valence-corrected chi connectivity index (χ4v) is 5.66. The molecule has 0 saturated heterocycles. The van der Waals surface area contributed by atoms with Crippen LogP contribution in [0, 0.1) is 35.0 Å². The van der Waals surface area contributed by atoms with Crippen molar-refractivity contribution in [2.24, 2.45) is 35.0 Å². The standard InChI is InChI=1S/C15H20F6O/c1-7-5-12(7)8(2)11-4-10(12)3-9(11)6-13(22,14(16,17)18)15(19,20)21/h7-11,22H,3-6H2,1-2H3. The molecule has 3 rings (SSSR count). The summed E-state index contributed by atoms with van der Waals surface area (Å²) < 4.78 is 77.1. The number of hydrogen-bond donors (Lipinski definition) is 1. The molecular weight excluding hydrogens is 310 g/mol. The smallest absolute Gasteiger partial charge is 0.374 e. The van der Waals surface area contributed by atoms with Gasteiger partial charge in [-0.15, -0.1) is 0 Å². The number of fused-ring (bicyclic) bond motifs is 3. The Labute approximate surface area is 125 Å². The second-order valence-corrected chi connectivity index (χ2v) is 7.66. The van der Waals surface area contributed by atoms with Gasteiger partial charge in [-0.3, -0.25) is 0 Å². The minimum atomic E-state index is -5.69. The molecule has 7 heteroatoms. The largest absolute Gasteiger partial charge is 0.426 e. The SMILES string of the molecule is CC1CC12C1CC(CC(O)(C(F)(F)F)C(F)(F)F)C(C1)C2C. The molecule has 3 saturated carbocycles. The van der Waals surface area contributed by atoms with Gasteiger partial charge in [0, 0.05) is 0 Å². The molecule has 2 bridgehead atoms. The van der Waals surface area contributed by atoms with Crippen LogP contribution in [0.1, 0.15) is 39.5 Å². The summed E-state index contributed by atoms with van der Waals surface area (Å²) in [5, 5.41) is 9.41. The number of halogens is 6. The Balaban J connectivity index is 1.80. The van der Waals surface area contributed by atoms with E-state index in [4.69, 9.17) is 0 Å². The Bertz CT molecular complexity index is 452. The van der Waals surface area contributed by atoms with Crippen molar-refractivity contribution < 1.29 is 31.4 Å². The van der Waals surface area contributed by atoms with E-state index in [0.717, 1.165) is 6.42 Å². The topological polar surface area (TPSA) is 20.2 Å². The lowest BCUT2D eigenvalue weighted by molar-refractivity contribution is -0.373. The van der Waals surface area contributed by atoms with Crippen molar-refractivity contribution in [2.75, 3.05) is 0 Å². The highest BCUT2D eigenvalue weighted by Crippen LogP contribution is 2.76. The van der Waals surface area contributed by atoms with E-state index >= 15 is 0 Å². The summed E-state index contributed by atoms with van der Waals surface area (Å²) in [5.41, 5.74) is -4.44. The Kier molecular flexibility index (Phi) is 3.23. The van der Waals surface area contributed by atoms with E-state index in [1.807, 2.05) is 6.92 Å². The molecule has 3 aliphatic rings. The van der Waals surface area contributed by atoms with Gasteiger partial charge in [0.1, 0.15) is 0 Å². The predicted octanol–water partition coefficient (Wildman–Crippen LogP) is 4.55. The van der Waals surface area contributed by atoms with Crippen molar-refractivity contribution in [3.63, 3.8) is 0 Å². The molecule has 1 spiro atoms. The van der Waals surface area contributed by atoms with Crippen molar-refractivity contribution in [1.29, 1.82) is 0 Å². The zero-order valence-corrected chi connectivity index (χ0v) is 12.4. The second kappa shape index (κ2) is 4.33. The molecule has 0 amide bonds. The molecule has 0 aromatic rings. The Morgan fingerprint density at radius 1 is 1.00 bits per heavy atom. The zero-order valence-electron chi connectivity index (χ0n) is 12.4. The van der Waals surface area contributed by atoms with Gasteiger partial charge in [-0.25, -0.2) is 0 Å². The average molecular weight is 330 g/mol. The molecule has 6 atom stereocenters. The van der Waals surface area contributed by atoms with Gasteiger partial charge in [-0.1, -0.05) is 13.8 Å². The lowest BCUT2D eigenvalue weighted by Crippen LogP contribution is -2.58. The summed E-state index contributed by atoms with van der Waals surface area (Å²) in [7, 11) is 0. The first-order valence-electron chi connectivity index (χ1n) is 7.70. The van der Waals surface area contributed by atoms with Crippen LogP contribution in [0.25, 0.3) is 0 Å². The second-order valence-electron chi connectivity index (χ2n) is 7.66. The summed E-state index contributed by atoms with van der Waals surface area (Å²) in [6, 6.07) is 0. The van der Waals surface area contributed by atoms with E-state index in [0.29, 0.717) is 18.8 Å². The molecule has 0 heterocycles. The summed E-state index contributed by atoms with van der Waals surface area (Å²) >= 11 is 0. The van der Waals surface area contributed by atoms with E-state index in [2.05, 4.69) is 6.92 Å². The molecule has 0 aliphatic heterocycles. The van der Waals surface area contributed by atoms with Crippen LogP contribution in [-0.2, 0) is 0 Å². The van der Waals surface area contributed by atoms with Crippen molar-refractivity contribution in [2.45, 2.75) is 57.5 Å². The third-order valence-electron chi connectivity index (χ3n) is 6.91. The number of rotatable bonds is 2. The van der Waals surface area contributed by atoms with E-state index in [9.17, 15) is 31.4 Å². The van der Waals surface area contributed by atoms with E-state index in [1.54, 1.807) is 0 Å². The summed E-state index contributed by atoms with van der Waals surface area (Å²) in [5.74, 6) is 0.0515. The molecule has 0 aromatic carbocycles. The van der Waals surface area contributed by atoms with Gasteiger partial charge >= 0.3 is 12.4 Å². The minimum Gasteiger partial charge on any atom is -0.374 e. The van der Waals surface area contributed by atoms with Crippen LogP contribution in [0.3, 0.4) is 0 Å². The first-order chi connectivity index (χ1) is 9.84. The average Bonchev–Trinajstić information content (AvgIpc) is 2.73. The van der Waals surface area contributed by atoms with Crippen LogP contribution in [-0.4, -0.2) is 23.1 Å². The first-order valence-corrected chi connectivity index (χ1v) is 7.70. The predicted molar refractivity (Wildman–Crippen MR) is 66.8 cm³/mol. The monoisotopic (exact) mass is 330 g/mol. The lowest BCUT2D eigenvalue weighted by Gasteiger charge is -2.40. The van der Waals surface area contributed by atoms with Crippen molar-refractivity contribution >= 4 is 0 Å². The molecule has 0 aromatic heterocycles. The molecule has 128 valence electrons. The highest BCUT2D eigenvalue weighted by atomic mass is 19.4. The fourth-order valence-electron chi connectivity index (χ4n) is 5.66. The van der Waals surface area contributed by atoms with Gasteiger partial charge in [0.05, 0.1) is 0 Å².